The summed E-state index contributed by atoms with van der Waals surface area (Å²) in [6, 6.07) is 0. The normalized spacial score (nSPS) is 17.9. The summed E-state index contributed by atoms with van der Waals surface area (Å²) in [5, 5.41) is 0. The highest BCUT2D eigenvalue weighted by Gasteiger charge is 1.96. The van der Waals surface area contributed by atoms with Gasteiger partial charge in [-0.05, 0) is 20.9 Å². The van der Waals surface area contributed by atoms with Gasteiger partial charge in [-0.2, -0.15) is 0 Å². The molecule has 0 amide bonds. The molecule has 0 aromatic rings. The quantitative estimate of drug-likeness (QED) is 0.538. The average Bonchev–Trinajstić information content (AvgIpc) is 2.19. The summed E-state index contributed by atoms with van der Waals surface area (Å²) in [5.41, 5.74) is 1.69. The Kier molecular flexibility index (Phi) is 3.57. The van der Waals surface area contributed by atoms with E-state index >= 15 is 0 Å². The van der Waals surface area contributed by atoms with Crippen molar-refractivity contribution in [2.24, 2.45) is 0 Å². The van der Waals surface area contributed by atoms with E-state index in [-0.39, 0.29) is 0 Å². The molecule has 0 N–H and O–H groups in total. The number of allylic oxidation sites excluding steroid dienone is 1. The third-order valence-corrected chi connectivity index (χ3v) is 3.79. The van der Waals surface area contributed by atoms with Crippen LogP contribution in [0.1, 0.15) is 12.8 Å². The molecule has 0 spiro atoms. The molecule has 0 saturated carbocycles. The van der Waals surface area contributed by atoms with Crippen molar-refractivity contribution in [3.8, 4) is 0 Å². The van der Waals surface area contributed by atoms with Gasteiger partial charge < -0.3 is 0 Å². The van der Waals surface area contributed by atoms with Crippen LogP contribution in [0.25, 0.3) is 0 Å². The van der Waals surface area contributed by atoms with Crippen LogP contribution in [0.5, 0.6) is 0 Å². The van der Waals surface area contributed by atoms with Crippen LogP contribution in [0.3, 0.4) is 0 Å². The first-order valence-electron chi connectivity index (χ1n) is 2.61. The van der Waals surface area contributed by atoms with Crippen molar-refractivity contribution >= 4 is 47.3 Å². The van der Waals surface area contributed by atoms with Gasteiger partial charge in [0.2, 0.25) is 0 Å². The minimum Gasteiger partial charge on any atom is -0.0979 e. The van der Waals surface area contributed by atoms with Gasteiger partial charge in [0.15, 0.2) is 0 Å². The lowest BCUT2D eigenvalue weighted by Crippen LogP contribution is -1.79. The molecule has 0 unspecified atom stereocenters. The summed E-state index contributed by atoms with van der Waals surface area (Å²) in [4.78, 5) is 0. The molecule has 1 rings (SSSR count). The fourth-order valence-corrected chi connectivity index (χ4v) is 3.44. The fraction of sp³-hybridized carbons (Fsp3) is 0.500. The second kappa shape index (κ2) is 3.98. The van der Waals surface area contributed by atoms with Crippen molar-refractivity contribution in [3.05, 3.63) is 9.66 Å². The average molecular weight is 334 g/mol. The highest BCUT2D eigenvalue weighted by atomic mass is 127. The predicted octanol–water partition coefficient (Wildman–Crippen LogP) is 2.87. The van der Waals surface area contributed by atoms with E-state index < -0.39 is 0 Å². The van der Waals surface area contributed by atoms with Crippen LogP contribution in [0, 0.1) is 0 Å². The molecule has 2 heteroatoms. The summed E-state index contributed by atoms with van der Waals surface area (Å²) in [7, 11) is 0. The Morgan fingerprint density at radius 3 is 3.12 bits per heavy atom. The number of hydrogen-bond donors (Lipinski definition) is 0. The Bertz CT molecular complexity index is 124. The fourth-order valence-electron chi connectivity index (χ4n) is 0.600. The Balaban J connectivity index is 2.28. The second-order valence-electron chi connectivity index (χ2n) is 1.69. The van der Waals surface area contributed by atoms with Gasteiger partial charge in [0.1, 0.15) is 0 Å². The lowest BCUT2D eigenvalue weighted by molar-refractivity contribution is 1.11. The van der Waals surface area contributed by atoms with E-state index in [1.165, 1.54) is 17.3 Å². The van der Waals surface area contributed by atoms with Crippen molar-refractivity contribution in [1.82, 2.24) is 0 Å². The highest BCUT2D eigenvalue weighted by molar-refractivity contribution is 14.2. The first-order chi connectivity index (χ1) is 3.93. The Morgan fingerprint density at radius 2 is 2.62 bits per heavy atom. The molecule has 8 heavy (non-hydrogen) atoms. The Labute approximate surface area is 73.6 Å². The minimum atomic E-state index is 0.399. The first-order valence-corrected chi connectivity index (χ1v) is 6.62. The van der Waals surface area contributed by atoms with Crippen LogP contribution < -0.4 is 0 Å². The minimum absolute atomic E-state index is 0.399. The van der Waals surface area contributed by atoms with Gasteiger partial charge in [-0.25, -0.2) is 0 Å². The van der Waals surface area contributed by atoms with Gasteiger partial charge in [0, 0.05) is 4.43 Å². The molecule has 1 heterocycles. The maximum Gasteiger partial charge on any atom is 0.00329 e. The van der Waals surface area contributed by atoms with E-state index in [1.54, 1.807) is 5.57 Å². The van der Waals surface area contributed by atoms with Gasteiger partial charge in [-0.1, -0.05) is 48.9 Å². The molecule has 0 aromatic carbocycles. The molecule has 0 saturated heterocycles. The second-order valence-corrected chi connectivity index (χ2v) is 4.99. The molecular weight excluding hydrogens is 326 g/mol. The Morgan fingerprint density at radius 1 is 1.75 bits per heavy atom. The zero-order valence-electron chi connectivity index (χ0n) is 4.53. The molecule has 0 fully saturated rings. The third kappa shape index (κ3) is 2.13. The zero-order chi connectivity index (χ0) is 5.82. The molecule has 0 bridgehead atoms. The molecule has 1 aliphatic rings. The maximum absolute atomic E-state index is 2.46. The van der Waals surface area contributed by atoms with Crippen LogP contribution in [-0.4, -0.2) is 8.44 Å². The van der Waals surface area contributed by atoms with E-state index in [1.807, 2.05) is 0 Å². The smallest absolute Gasteiger partial charge is 0.00329 e. The first kappa shape index (κ1) is 7.18. The summed E-state index contributed by atoms with van der Waals surface area (Å²) < 4.78 is 6.19. The SMILES string of the molecule is ICCC1=CI=CC1. The lowest BCUT2D eigenvalue weighted by Gasteiger charge is -1.92. The number of rotatable bonds is 2. The molecule has 1 aliphatic heterocycles. The van der Waals surface area contributed by atoms with E-state index in [9.17, 15) is 0 Å². The van der Waals surface area contributed by atoms with Crippen molar-refractivity contribution in [1.29, 1.82) is 0 Å². The molecule has 0 atom stereocenters. The van der Waals surface area contributed by atoms with Gasteiger partial charge >= 0.3 is 0 Å². The van der Waals surface area contributed by atoms with Crippen LogP contribution in [-0.2, 0) is 0 Å². The van der Waals surface area contributed by atoms with Crippen molar-refractivity contribution in [2.45, 2.75) is 12.8 Å². The molecular formula is C6H8I2. The van der Waals surface area contributed by atoms with E-state index in [4.69, 9.17) is 0 Å². The topological polar surface area (TPSA) is 0 Å². The summed E-state index contributed by atoms with van der Waals surface area (Å²) in [5.74, 6) is 0. The standard InChI is InChI=1S/C6H8I2/c7-3-1-6-2-4-8-5-6/h4-5H,1-3H2. The molecule has 0 aliphatic carbocycles. The van der Waals surface area contributed by atoms with Crippen LogP contribution in [0.4, 0.5) is 0 Å². The molecule has 0 nitrogen and oxygen atoms in total. The predicted molar refractivity (Wildman–Crippen MR) is 56.3 cm³/mol. The van der Waals surface area contributed by atoms with Crippen LogP contribution >= 0.6 is 43.3 Å². The largest absolute Gasteiger partial charge is 0.0979 e. The van der Waals surface area contributed by atoms with Crippen LogP contribution in [0.2, 0.25) is 0 Å². The molecule has 0 radical (unpaired) electrons. The number of hydrogen-bond acceptors (Lipinski definition) is 0. The number of alkyl halides is 1. The third-order valence-electron chi connectivity index (χ3n) is 1.06. The zero-order valence-corrected chi connectivity index (χ0v) is 8.85. The summed E-state index contributed by atoms with van der Waals surface area (Å²) >= 11 is 2.83. The number of halogens is 2. The van der Waals surface area contributed by atoms with Crippen molar-refractivity contribution in [2.75, 3.05) is 4.43 Å². The van der Waals surface area contributed by atoms with E-state index in [2.05, 4.69) is 30.7 Å². The van der Waals surface area contributed by atoms with Crippen LogP contribution in [0.15, 0.2) is 9.66 Å². The maximum atomic E-state index is 2.46. The highest BCUT2D eigenvalue weighted by Crippen LogP contribution is 2.20. The van der Waals surface area contributed by atoms with Gasteiger partial charge in [-0.15, -0.1) is 0 Å². The van der Waals surface area contributed by atoms with E-state index in [0.717, 1.165) is 0 Å². The van der Waals surface area contributed by atoms with Gasteiger partial charge in [0.05, 0.1) is 0 Å². The van der Waals surface area contributed by atoms with E-state index in [0.29, 0.717) is 20.7 Å². The lowest BCUT2D eigenvalue weighted by atomic mass is 10.2. The summed E-state index contributed by atoms with van der Waals surface area (Å²) in [6.45, 7) is 0. The molecule has 46 valence electrons. The Hall–Kier alpha value is 1.07. The van der Waals surface area contributed by atoms with Gasteiger partial charge in [-0.3, -0.25) is 0 Å². The molecule has 0 aromatic heterocycles. The van der Waals surface area contributed by atoms with Crippen molar-refractivity contribution < 1.29 is 0 Å². The van der Waals surface area contributed by atoms with Gasteiger partial charge in [0.25, 0.3) is 0 Å². The monoisotopic (exact) mass is 334 g/mol. The summed E-state index contributed by atoms with van der Waals surface area (Å²) in [6.07, 6.45) is 2.63. The van der Waals surface area contributed by atoms with Crippen molar-refractivity contribution in [3.63, 3.8) is 0 Å².